The molecule has 3 aromatic rings. The Morgan fingerprint density at radius 2 is 1.62 bits per heavy atom. The van der Waals surface area contributed by atoms with Crippen LogP contribution in [-0.2, 0) is 4.79 Å². The topological polar surface area (TPSA) is 79.8 Å². The molecule has 146 valence electrons. The molecule has 2 N–H and O–H groups in total. The molecule has 0 saturated heterocycles. The van der Waals surface area contributed by atoms with Crippen LogP contribution < -0.4 is 15.5 Å². The summed E-state index contributed by atoms with van der Waals surface area (Å²) in [7, 11) is 0. The number of ether oxygens (including phenoxy) is 1. The lowest BCUT2D eigenvalue weighted by atomic mass is 10.2. The van der Waals surface area contributed by atoms with Crippen LogP contribution in [0.2, 0.25) is 5.02 Å². The first-order chi connectivity index (χ1) is 14.1. The van der Waals surface area contributed by atoms with Gasteiger partial charge in [-0.1, -0.05) is 29.8 Å². The van der Waals surface area contributed by atoms with Crippen LogP contribution in [0.4, 0.5) is 5.69 Å². The molecule has 0 bridgehead atoms. The molecule has 29 heavy (non-hydrogen) atoms. The number of hydrogen-bond acceptors (Lipinski definition) is 4. The lowest BCUT2D eigenvalue weighted by Crippen LogP contribution is -2.20. The smallest absolute Gasteiger partial charge is 0.271 e. The van der Waals surface area contributed by atoms with Gasteiger partial charge < -0.3 is 10.1 Å². The average Bonchev–Trinajstić information content (AvgIpc) is 2.75. The van der Waals surface area contributed by atoms with Gasteiger partial charge in [0.05, 0.1) is 6.21 Å². The van der Waals surface area contributed by atoms with Crippen LogP contribution in [0.5, 0.6) is 5.75 Å². The number of anilines is 1. The van der Waals surface area contributed by atoms with E-state index in [1.54, 1.807) is 72.8 Å². The SMILES string of the molecule is O=C(COc1ccc(/C=N/NC(=O)c2ccccc2)cc1)Nc1ccc(Cl)cc1. The molecule has 0 aliphatic rings. The molecule has 6 nitrogen and oxygen atoms in total. The Balaban J connectivity index is 1.45. The second kappa shape index (κ2) is 10.1. The number of hydrogen-bond donors (Lipinski definition) is 2. The fraction of sp³-hybridized carbons (Fsp3) is 0.0455. The summed E-state index contributed by atoms with van der Waals surface area (Å²) in [4.78, 5) is 23.8. The summed E-state index contributed by atoms with van der Waals surface area (Å²) < 4.78 is 5.47. The van der Waals surface area contributed by atoms with Gasteiger partial charge in [0, 0.05) is 16.3 Å². The molecule has 7 heteroatoms. The van der Waals surface area contributed by atoms with Crippen LogP contribution in [0.15, 0.2) is 84.0 Å². The van der Waals surface area contributed by atoms with Crippen molar-refractivity contribution in [3.8, 4) is 5.75 Å². The molecule has 3 rings (SSSR count). The van der Waals surface area contributed by atoms with Crippen LogP contribution in [0, 0.1) is 0 Å². The average molecular weight is 408 g/mol. The number of benzene rings is 3. The fourth-order valence-electron chi connectivity index (χ4n) is 2.35. The zero-order valence-corrected chi connectivity index (χ0v) is 16.1. The maximum absolute atomic E-state index is 11.9. The van der Waals surface area contributed by atoms with Crippen LogP contribution in [0.3, 0.4) is 0 Å². The predicted octanol–water partition coefficient (Wildman–Crippen LogP) is 4.12. The standard InChI is InChI=1S/C22H18ClN3O3/c23-18-8-10-19(11-9-18)25-21(27)15-29-20-12-6-16(7-13-20)14-24-26-22(28)17-4-2-1-3-5-17/h1-14H,15H2,(H,25,27)(H,26,28)/b24-14+. The molecular formula is C22H18ClN3O3. The molecule has 0 saturated carbocycles. The van der Waals surface area contributed by atoms with E-state index in [1.807, 2.05) is 6.07 Å². The number of nitrogens with one attached hydrogen (secondary N) is 2. The first-order valence-electron chi connectivity index (χ1n) is 8.77. The van der Waals surface area contributed by atoms with Crippen molar-refractivity contribution < 1.29 is 14.3 Å². The van der Waals surface area contributed by atoms with Crippen molar-refractivity contribution in [2.45, 2.75) is 0 Å². The van der Waals surface area contributed by atoms with Crippen LogP contribution in [0.25, 0.3) is 0 Å². The van der Waals surface area contributed by atoms with Gasteiger partial charge in [-0.3, -0.25) is 9.59 Å². The van der Waals surface area contributed by atoms with E-state index in [2.05, 4.69) is 15.8 Å². The second-order valence-electron chi connectivity index (χ2n) is 5.98. The molecule has 0 aromatic heterocycles. The van der Waals surface area contributed by atoms with Crippen molar-refractivity contribution in [3.63, 3.8) is 0 Å². The van der Waals surface area contributed by atoms with Crippen molar-refractivity contribution in [3.05, 3.63) is 95.0 Å². The summed E-state index contributed by atoms with van der Waals surface area (Å²) >= 11 is 5.81. The quantitative estimate of drug-likeness (QED) is 0.456. The van der Waals surface area contributed by atoms with Crippen molar-refractivity contribution in [2.24, 2.45) is 5.10 Å². The molecule has 0 radical (unpaired) electrons. The number of rotatable bonds is 7. The highest BCUT2D eigenvalue weighted by Crippen LogP contribution is 2.14. The first kappa shape index (κ1) is 20.1. The number of carbonyl (C=O) groups is 2. The molecule has 0 unspecified atom stereocenters. The van der Waals surface area contributed by atoms with Gasteiger partial charge in [0.25, 0.3) is 11.8 Å². The van der Waals surface area contributed by atoms with Crippen molar-refractivity contribution in [2.75, 3.05) is 11.9 Å². The Morgan fingerprint density at radius 1 is 0.931 bits per heavy atom. The van der Waals surface area contributed by atoms with E-state index in [0.29, 0.717) is 22.0 Å². The summed E-state index contributed by atoms with van der Waals surface area (Å²) in [6.45, 7) is -0.122. The largest absolute Gasteiger partial charge is 0.484 e. The van der Waals surface area contributed by atoms with E-state index in [4.69, 9.17) is 16.3 Å². The molecule has 0 fully saturated rings. The highest BCUT2D eigenvalue weighted by Gasteiger charge is 2.04. The Bertz CT molecular complexity index is 988. The molecule has 0 aliphatic heterocycles. The number of amides is 2. The highest BCUT2D eigenvalue weighted by molar-refractivity contribution is 6.30. The molecule has 0 aliphatic carbocycles. The summed E-state index contributed by atoms with van der Waals surface area (Å²) in [6, 6.07) is 22.6. The lowest BCUT2D eigenvalue weighted by molar-refractivity contribution is -0.118. The zero-order valence-electron chi connectivity index (χ0n) is 15.3. The zero-order chi connectivity index (χ0) is 20.5. The lowest BCUT2D eigenvalue weighted by Gasteiger charge is -2.08. The van der Waals surface area contributed by atoms with Gasteiger partial charge in [0.1, 0.15) is 5.75 Å². The van der Waals surface area contributed by atoms with Gasteiger partial charge in [-0.2, -0.15) is 5.10 Å². The van der Waals surface area contributed by atoms with Crippen molar-refractivity contribution in [1.29, 1.82) is 0 Å². The van der Waals surface area contributed by atoms with Gasteiger partial charge >= 0.3 is 0 Å². The van der Waals surface area contributed by atoms with Crippen LogP contribution in [0.1, 0.15) is 15.9 Å². The predicted molar refractivity (Wildman–Crippen MR) is 114 cm³/mol. The van der Waals surface area contributed by atoms with Gasteiger partial charge in [-0.15, -0.1) is 0 Å². The number of carbonyl (C=O) groups excluding carboxylic acids is 2. The van der Waals surface area contributed by atoms with E-state index in [0.717, 1.165) is 5.56 Å². The molecule has 0 spiro atoms. The van der Waals surface area contributed by atoms with E-state index in [1.165, 1.54) is 6.21 Å². The van der Waals surface area contributed by atoms with E-state index in [-0.39, 0.29) is 18.4 Å². The summed E-state index contributed by atoms with van der Waals surface area (Å²) in [5.41, 5.74) is 4.42. The first-order valence-corrected chi connectivity index (χ1v) is 9.15. The van der Waals surface area contributed by atoms with Crippen molar-refractivity contribution in [1.82, 2.24) is 5.43 Å². The fourth-order valence-corrected chi connectivity index (χ4v) is 2.47. The molecule has 3 aromatic carbocycles. The normalized spacial score (nSPS) is 10.5. The van der Waals surface area contributed by atoms with Gasteiger partial charge in [0.15, 0.2) is 6.61 Å². The Morgan fingerprint density at radius 3 is 2.31 bits per heavy atom. The molecule has 0 heterocycles. The van der Waals surface area contributed by atoms with Crippen molar-refractivity contribution >= 4 is 35.3 Å². The van der Waals surface area contributed by atoms with Gasteiger partial charge in [0.2, 0.25) is 0 Å². The summed E-state index contributed by atoms with van der Waals surface area (Å²) in [5.74, 6) is -0.0168. The Hall–Kier alpha value is -3.64. The summed E-state index contributed by atoms with van der Waals surface area (Å²) in [5, 5.41) is 7.25. The van der Waals surface area contributed by atoms with Gasteiger partial charge in [-0.05, 0) is 66.2 Å². The number of halogens is 1. The van der Waals surface area contributed by atoms with Gasteiger partial charge in [-0.25, -0.2) is 5.43 Å². The monoisotopic (exact) mass is 407 g/mol. The minimum absolute atomic E-state index is 0.122. The second-order valence-corrected chi connectivity index (χ2v) is 6.41. The number of nitrogens with zero attached hydrogens (tertiary/aromatic N) is 1. The molecule has 0 atom stereocenters. The minimum atomic E-state index is -0.284. The third-order valence-corrected chi connectivity index (χ3v) is 4.05. The van der Waals surface area contributed by atoms with E-state index in [9.17, 15) is 9.59 Å². The van der Waals surface area contributed by atoms with E-state index < -0.39 is 0 Å². The van der Waals surface area contributed by atoms with Crippen LogP contribution in [-0.4, -0.2) is 24.6 Å². The summed E-state index contributed by atoms with van der Waals surface area (Å²) in [6.07, 6.45) is 1.53. The highest BCUT2D eigenvalue weighted by atomic mass is 35.5. The minimum Gasteiger partial charge on any atom is -0.484 e. The third kappa shape index (κ3) is 6.48. The Kier molecular flexibility index (Phi) is 6.97. The number of hydrazone groups is 1. The third-order valence-electron chi connectivity index (χ3n) is 3.79. The van der Waals surface area contributed by atoms with E-state index >= 15 is 0 Å². The molecule has 2 amide bonds. The Labute approximate surface area is 173 Å². The van der Waals surface area contributed by atoms with Crippen LogP contribution >= 0.6 is 11.6 Å². The molecular weight excluding hydrogens is 390 g/mol. The maximum Gasteiger partial charge on any atom is 0.271 e. The maximum atomic E-state index is 11.9.